The van der Waals surface area contributed by atoms with Gasteiger partial charge in [0.25, 0.3) is 0 Å². The van der Waals surface area contributed by atoms with E-state index in [0.717, 1.165) is 59.6 Å². The van der Waals surface area contributed by atoms with E-state index in [-0.39, 0.29) is 16.1 Å². The van der Waals surface area contributed by atoms with Gasteiger partial charge in [-0.1, -0.05) is 19.1 Å². The molecule has 2 aliphatic rings. The van der Waals surface area contributed by atoms with Gasteiger partial charge in [-0.2, -0.15) is 0 Å². The van der Waals surface area contributed by atoms with Crippen molar-refractivity contribution >= 4 is 27.6 Å². The third-order valence-corrected chi connectivity index (χ3v) is 7.10. The van der Waals surface area contributed by atoms with Crippen LogP contribution in [-0.2, 0) is 4.74 Å². The van der Waals surface area contributed by atoms with E-state index in [1.165, 1.54) is 0 Å². The normalized spacial score (nSPS) is 24.3. The zero-order valence-corrected chi connectivity index (χ0v) is 19.3. The number of ether oxygens (including phenoxy) is 2. The second-order valence-electron chi connectivity index (χ2n) is 10.0. The highest BCUT2D eigenvalue weighted by Crippen LogP contribution is 2.34. The van der Waals surface area contributed by atoms with Gasteiger partial charge in [-0.25, -0.2) is 9.97 Å². The highest BCUT2D eigenvalue weighted by Gasteiger charge is 2.34. The van der Waals surface area contributed by atoms with E-state index < -0.39 is 0 Å². The lowest BCUT2D eigenvalue weighted by Crippen LogP contribution is -2.52. The standard InChI is InChI=1S/C26H29N5O3/c1-26(14-33-15-26)16-34-20-6-7-22-21(13-20)28-17-30(22)24-8-5-18-3-2-4-23(25(18)29-24)31(32)11-9-19(27)10-12-31/h2-8,13,17,19H,9-12,14-16,27H2,1H3. The Labute approximate surface area is 198 Å². The first-order valence-electron chi connectivity index (χ1n) is 11.8. The SMILES string of the molecule is CC1(COc2ccc3c(c2)ncn3-c2ccc3cccc([N+]4([O-])CCC(N)CC4)c3n2)COC1. The van der Waals surface area contributed by atoms with Crippen LogP contribution in [0.25, 0.3) is 27.8 Å². The van der Waals surface area contributed by atoms with Crippen LogP contribution in [0, 0.1) is 10.6 Å². The molecular weight excluding hydrogens is 430 g/mol. The molecule has 176 valence electrons. The van der Waals surface area contributed by atoms with Crippen LogP contribution < -0.4 is 15.1 Å². The van der Waals surface area contributed by atoms with Crippen molar-refractivity contribution in [2.45, 2.75) is 25.8 Å². The Morgan fingerprint density at radius 3 is 2.76 bits per heavy atom. The van der Waals surface area contributed by atoms with Crippen molar-refractivity contribution in [3.05, 3.63) is 60.1 Å². The summed E-state index contributed by atoms with van der Waals surface area (Å²) in [6, 6.07) is 15.9. The number of quaternary nitrogens is 1. The van der Waals surface area contributed by atoms with E-state index in [1.807, 2.05) is 53.1 Å². The van der Waals surface area contributed by atoms with Crippen LogP contribution in [0.1, 0.15) is 19.8 Å². The molecule has 0 bridgehead atoms. The summed E-state index contributed by atoms with van der Waals surface area (Å²) in [6.07, 6.45) is 3.22. The van der Waals surface area contributed by atoms with Crippen molar-refractivity contribution in [3.8, 4) is 11.6 Å². The monoisotopic (exact) mass is 459 g/mol. The molecule has 0 atom stereocenters. The van der Waals surface area contributed by atoms with E-state index in [9.17, 15) is 5.21 Å². The van der Waals surface area contributed by atoms with E-state index in [1.54, 1.807) is 6.33 Å². The lowest BCUT2D eigenvalue weighted by atomic mass is 9.90. The topological polar surface area (TPSA) is 98.2 Å². The maximum atomic E-state index is 13.7. The second-order valence-corrected chi connectivity index (χ2v) is 10.0. The third-order valence-electron chi connectivity index (χ3n) is 7.10. The zero-order chi connectivity index (χ0) is 23.3. The quantitative estimate of drug-likeness (QED) is 0.359. The van der Waals surface area contributed by atoms with Crippen LogP contribution >= 0.6 is 0 Å². The van der Waals surface area contributed by atoms with E-state index >= 15 is 0 Å². The number of imidazole rings is 1. The Morgan fingerprint density at radius 2 is 2.00 bits per heavy atom. The number of nitrogens with two attached hydrogens (primary N) is 1. The average molecular weight is 460 g/mol. The van der Waals surface area contributed by atoms with Crippen LogP contribution in [0.4, 0.5) is 5.69 Å². The molecule has 0 amide bonds. The lowest BCUT2D eigenvalue weighted by molar-refractivity contribution is -0.120. The summed E-state index contributed by atoms with van der Waals surface area (Å²) in [7, 11) is 0. The van der Waals surface area contributed by atoms with Gasteiger partial charge in [-0.15, -0.1) is 0 Å². The van der Waals surface area contributed by atoms with Gasteiger partial charge in [-0.05, 0) is 24.3 Å². The fourth-order valence-electron chi connectivity index (χ4n) is 4.89. The molecule has 6 rings (SSSR count). The van der Waals surface area contributed by atoms with Crippen molar-refractivity contribution in [1.82, 2.24) is 19.2 Å². The van der Waals surface area contributed by atoms with Gasteiger partial charge >= 0.3 is 0 Å². The minimum absolute atomic E-state index is 0.0852. The highest BCUT2D eigenvalue weighted by molar-refractivity contribution is 5.91. The zero-order valence-electron chi connectivity index (χ0n) is 19.3. The van der Waals surface area contributed by atoms with E-state index in [0.29, 0.717) is 25.4 Å². The molecule has 0 aliphatic carbocycles. The molecular formula is C26H29N5O3. The Hall–Kier alpha value is -3.04. The summed E-state index contributed by atoms with van der Waals surface area (Å²) in [6.45, 7) is 5.21. The van der Waals surface area contributed by atoms with Crippen molar-refractivity contribution in [2.75, 3.05) is 32.9 Å². The van der Waals surface area contributed by atoms with Gasteiger partial charge in [0.1, 0.15) is 23.4 Å². The Morgan fingerprint density at radius 1 is 1.18 bits per heavy atom. The Bertz CT molecular complexity index is 1360. The molecule has 0 spiro atoms. The number of fused-ring (bicyclic) bond motifs is 2. The van der Waals surface area contributed by atoms with E-state index in [2.05, 4.69) is 11.9 Å². The number of nitrogens with zero attached hydrogens (tertiary/aromatic N) is 4. The fraction of sp³-hybridized carbons (Fsp3) is 0.385. The van der Waals surface area contributed by atoms with Crippen LogP contribution in [-0.4, -0.2) is 53.5 Å². The molecule has 2 aromatic heterocycles. The van der Waals surface area contributed by atoms with Crippen LogP contribution in [0.5, 0.6) is 5.75 Å². The largest absolute Gasteiger partial charge is 0.627 e. The van der Waals surface area contributed by atoms with E-state index in [4.69, 9.17) is 20.2 Å². The van der Waals surface area contributed by atoms with Gasteiger partial charge in [0.2, 0.25) is 0 Å². The summed E-state index contributed by atoms with van der Waals surface area (Å²) in [5, 5.41) is 14.6. The predicted octanol–water partition coefficient (Wildman–Crippen LogP) is 3.92. The maximum Gasteiger partial charge on any atom is 0.159 e. The van der Waals surface area contributed by atoms with Crippen LogP contribution in [0.2, 0.25) is 0 Å². The molecule has 2 N–H and O–H groups in total. The molecule has 2 fully saturated rings. The number of benzene rings is 2. The second kappa shape index (κ2) is 8.02. The number of pyridine rings is 1. The van der Waals surface area contributed by atoms with Crippen LogP contribution in [0.3, 0.4) is 0 Å². The summed E-state index contributed by atoms with van der Waals surface area (Å²) in [5.41, 5.74) is 9.36. The summed E-state index contributed by atoms with van der Waals surface area (Å²) >= 11 is 0. The fourth-order valence-corrected chi connectivity index (χ4v) is 4.89. The molecule has 0 saturated carbocycles. The smallest absolute Gasteiger partial charge is 0.159 e. The van der Waals surface area contributed by atoms with Gasteiger partial charge in [0.15, 0.2) is 5.69 Å². The third kappa shape index (κ3) is 3.73. The summed E-state index contributed by atoms with van der Waals surface area (Å²) in [5.74, 6) is 1.52. The first-order chi connectivity index (χ1) is 16.4. The number of hydrogen-bond donors (Lipinski definition) is 1. The van der Waals surface area contributed by atoms with Gasteiger partial charge < -0.3 is 25.1 Å². The van der Waals surface area contributed by atoms with Crippen molar-refractivity contribution in [2.24, 2.45) is 11.1 Å². The van der Waals surface area contributed by atoms with Crippen LogP contribution in [0.15, 0.2) is 54.9 Å². The molecule has 0 unspecified atom stereocenters. The number of hydrogen-bond acceptors (Lipinski definition) is 6. The van der Waals surface area contributed by atoms with Crippen molar-refractivity contribution in [3.63, 3.8) is 0 Å². The molecule has 34 heavy (non-hydrogen) atoms. The molecule has 4 heterocycles. The van der Waals surface area contributed by atoms with Crippen molar-refractivity contribution < 1.29 is 9.47 Å². The first-order valence-corrected chi connectivity index (χ1v) is 11.8. The maximum absolute atomic E-state index is 13.7. The molecule has 4 aromatic rings. The number of hydroxylamine groups is 2. The van der Waals surface area contributed by atoms with Gasteiger partial charge in [-0.3, -0.25) is 4.57 Å². The molecule has 0 radical (unpaired) electrons. The molecule has 8 heteroatoms. The summed E-state index contributed by atoms with van der Waals surface area (Å²) < 4.78 is 12.9. The molecule has 2 aliphatic heterocycles. The average Bonchev–Trinajstić information content (AvgIpc) is 3.26. The van der Waals surface area contributed by atoms with Gasteiger partial charge in [0, 0.05) is 41.8 Å². The Balaban J connectivity index is 1.34. The molecule has 2 saturated heterocycles. The lowest BCUT2D eigenvalue weighted by Gasteiger charge is -2.46. The Kier molecular flexibility index (Phi) is 5.07. The minimum Gasteiger partial charge on any atom is -0.627 e. The predicted molar refractivity (Wildman–Crippen MR) is 133 cm³/mol. The summed E-state index contributed by atoms with van der Waals surface area (Å²) in [4.78, 5) is 9.54. The first kappa shape index (κ1) is 21.5. The molecule has 2 aromatic carbocycles. The number of para-hydroxylation sites is 1. The molecule has 8 nitrogen and oxygen atoms in total. The highest BCUT2D eigenvalue weighted by atomic mass is 16.5. The minimum atomic E-state index is -0.378. The number of piperidine rings is 1. The number of aromatic nitrogens is 3. The van der Waals surface area contributed by atoms with Crippen molar-refractivity contribution in [1.29, 1.82) is 0 Å². The number of rotatable bonds is 5. The van der Waals surface area contributed by atoms with Gasteiger partial charge in [0.05, 0.1) is 43.9 Å².